The maximum atomic E-state index is 15.9. The summed E-state index contributed by atoms with van der Waals surface area (Å²) in [7, 11) is 3.29. The number of carbonyl (C=O) groups is 2. The van der Waals surface area contributed by atoms with Gasteiger partial charge in [0.15, 0.2) is 5.78 Å². The normalized spacial score (nSPS) is 26.9. The Morgan fingerprint density at radius 2 is 1.52 bits per heavy atom. The predicted molar refractivity (Wildman–Crippen MR) is 179 cm³/mol. The number of fused-ring (bicyclic) bond motifs is 7. The average molecular weight is 607 g/mol. The van der Waals surface area contributed by atoms with E-state index >= 15 is 9.59 Å². The van der Waals surface area contributed by atoms with Crippen molar-refractivity contribution in [2.75, 3.05) is 32.2 Å². The van der Waals surface area contributed by atoms with Gasteiger partial charge in [0.1, 0.15) is 17.0 Å². The van der Waals surface area contributed by atoms with Crippen LogP contribution < -0.4 is 14.4 Å². The molecule has 4 aliphatic rings. The van der Waals surface area contributed by atoms with Crippen molar-refractivity contribution in [2.24, 2.45) is 0 Å². The first-order chi connectivity index (χ1) is 22.5. The third kappa shape index (κ3) is 3.47. The van der Waals surface area contributed by atoms with Crippen LogP contribution >= 0.6 is 0 Å². The number of anilines is 1. The second-order valence-electron chi connectivity index (χ2n) is 12.5. The number of carbonyl (C=O) groups excluding carboxylic acids is 2. The van der Waals surface area contributed by atoms with E-state index in [-0.39, 0.29) is 30.2 Å². The van der Waals surface area contributed by atoms with Crippen LogP contribution in [0, 0.1) is 12.3 Å². The van der Waals surface area contributed by atoms with Gasteiger partial charge in [-0.05, 0) is 78.0 Å². The molecule has 4 aromatic rings. The molecule has 228 valence electrons. The van der Waals surface area contributed by atoms with Crippen LogP contribution in [-0.4, -0.2) is 49.9 Å². The van der Waals surface area contributed by atoms with Crippen LogP contribution in [0.25, 0.3) is 11.6 Å². The maximum absolute atomic E-state index is 15.9. The highest BCUT2D eigenvalue weighted by Crippen LogP contribution is 2.71. The van der Waals surface area contributed by atoms with Crippen molar-refractivity contribution in [1.29, 1.82) is 0 Å². The lowest BCUT2D eigenvalue weighted by atomic mass is 9.56. The minimum absolute atomic E-state index is 0.0366. The highest BCUT2D eigenvalue weighted by molar-refractivity contribution is 6.36. The van der Waals surface area contributed by atoms with Crippen molar-refractivity contribution in [3.63, 3.8) is 0 Å². The number of nitrogens with zero attached hydrogens (tertiary/aromatic N) is 2. The summed E-state index contributed by atoms with van der Waals surface area (Å²) in [4.78, 5) is 35.4. The van der Waals surface area contributed by atoms with Gasteiger partial charge in [-0.25, -0.2) is 0 Å². The lowest BCUT2D eigenvalue weighted by Gasteiger charge is -2.45. The molecule has 4 atom stereocenters. The first-order valence-corrected chi connectivity index (χ1v) is 15.8. The van der Waals surface area contributed by atoms with Gasteiger partial charge in [-0.2, -0.15) is 0 Å². The number of hydrogen-bond acceptors (Lipinski definition) is 5. The van der Waals surface area contributed by atoms with E-state index in [2.05, 4.69) is 29.0 Å². The molecule has 6 heteroatoms. The van der Waals surface area contributed by atoms with E-state index < -0.39 is 11.0 Å². The number of Topliss-reactive ketones (excluding diaryl/α,β-unsaturated/α-hetero) is 1. The van der Waals surface area contributed by atoms with Crippen LogP contribution in [-0.2, 0) is 20.5 Å². The van der Waals surface area contributed by atoms with Gasteiger partial charge in [0, 0.05) is 23.1 Å². The second kappa shape index (κ2) is 10.5. The third-order valence-corrected chi connectivity index (χ3v) is 10.7. The van der Waals surface area contributed by atoms with E-state index in [9.17, 15) is 0 Å². The summed E-state index contributed by atoms with van der Waals surface area (Å²) in [6, 6.07) is 31.8. The Morgan fingerprint density at radius 1 is 0.870 bits per heavy atom. The van der Waals surface area contributed by atoms with Gasteiger partial charge in [0.05, 0.1) is 31.9 Å². The monoisotopic (exact) mass is 606 g/mol. The fraction of sp³-hybridized carbons (Fsp3) is 0.250. The van der Waals surface area contributed by atoms with Gasteiger partial charge in [0.2, 0.25) is 0 Å². The zero-order valence-electron chi connectivity index (χ0n) is 25.9. The number of ether oxygens (including phenoxy) is 2. The van der Waals surface area contributed by atoms with Crippen LogP contribution in [0.1, 0.15) is 46.6 Å². The van der Waals surface area contributed by atoms with Gasteiger partial charge in [-0.1, -0.05) is 72.7 Å². The Labute approximate surface area is 269 Å². The number of para-hydroxylation sites is 1. The number of amides is 1. The van der Waals surface area contributed by atoms with Crippen molar-refractivity contribution in [3.05, 3.63) is 125 Å². The smallest absolute Gasteiger partial charge is 0.254 e. The summed E-state index contributed by atoms with van der Waals surface area (Å²) < 4.78 is 10.9. The number of hydrogen-bond donors (Lipinski definition) is 0. The Kier molecular flexibility index (Phi) is 6.46. The molecular formula is C40H34N2O4. The lowest BCUT2D eigenvalue weighted by molar-refractivity contribution is -0.137. The molecule has 6 nitrogen and oxygen atoms in total. The van der Waals surface area contributed by atoms with Gasteiger partial charge in [-0.15, -0.1) is 6.42 Å². The van der Waals surface area contributed by atoms with Crippen LogP contribution in [0.5, 0.6) is 11.5 Å². The molecule has 0 bridgehead atoms. The highest BCUT2D eigenvalue weighted by Gasteiger charge is 2.80. The topological polar surface area (TPSA) is 59.1 Å². The first kappa shape index (κ1) is 28.4. The fourth-order valence-electron chi connectivity index (χ4n) is 9.12. The standard InChI is InChI=1S/C40H34N2O4/c1-4-23-41-34-13-8-7-12-33(34)40(38(41)44)39(36(35-14-9-24-42(35)40)27-17-21-29(46-3)22-18-27)32-11-6-5-10-30(32)31(37(39)43)25-26-15-19-28(45-2)20-16-26/h1,5-8,10-13,15-22,25,35-36H,9,14,23-24H2,2-3H3/b31-25+/t35?,36-,39-,40+/m0/s1. The molecule has 0 aromatic heterocycles. The molecule has 2 saturated heterocycles. The minimum Gasteiger partial charge on any atom is -0.497 e. The van der Waals surface area contributed by atoms with Crippen LogP contribution in [0.2, 0.25) is 0 Å². The van der Waals surface area contributed by atoms with Gasteiger partial charge in [-0.3, -0.25) is 19.4 Å². The van der Waals surface area contributed by atoms with Crippen molar-refractivity contribution >= 4 is 29.0 Å². The van der Waals surface area contributed by atoms with E-state index in [1.165, 1.54) is 0 Å². The van der Waals surface area contributed by atoms with E-state index in [1.807, 2.05) is 84.9 Å². The Balaban J connectivity index is 1.48. The predicted octanol–water partition coefficient (Wildman–Crippen LogP) is 6.20. The maximum Gasteiger partial charge on any atom is 0.254 e. The SMILES string of the molecule is C#CCN1C(=O)[C@@]2(c3ccccc31)N1CCCC1[C@H](c1ccc(OC)cc1)[C@@]21C(=O)/C(=C/c2ccc(OC)cc2)c2ccccc21. The van der Waals surface area contributed by atoms with Crippen LogP contribution in [0.3, 0.4) is 0 Å². The number of methoxy groups -OCH3 is 2. The van der Waals surface area contributed by atoms with Crippen molar-refractivity contribution in [1.82, 2.24) is 4.90 Å². The van der Waals surface area contributed by atoms with Gasteiger partial charge in [0.25, 0.3) is 5.91 Å². The van der Waals surface area contributed by atoms with Crippen molar-refractivity contribution < 1.29 is 19.1 Å². The number of ketones is 1. The molecular weight excluding hydrogens is 572 g/mol. The quantitative estimate of drug-likeness (QED) is 0.200. The van der Waals surface area contributed by atoms with Crippen LogP contribution in [0.15, 0.2) is 97.1 Å². The largest absolute Gasteiger partial charge is 0.497 e. The molecule has 3 aliphatic heterocycles. The number of terminal acetylenes is 1. The molecule has 4 aromatic carbocycles. The molecule has 0 saturated carbocycles. The van der Waals surface area contributed by atoms with E-state index in [0.29, 0.717) is 12.1 Å². The number of rotatable bonds is 5. The zero-order valence-corrected chi connectivity index (χ0v) is 25.9. The molecule has 1 amide bonds. The highest BCUT2D eigenvalue weighted by atomic mass is 16.5. The molecule has 46 heavy (non-hydrogen) atoms. The van der Waals surface area contributed by atoms with Crippen molar-refractivity contribution in [3.8, 4) is 23.8 Å². The number of benzene rings is 4. The summed E-state index contributed by atoms with van der Waals surface area (Å²) in [6.45, 7) is 0.833. The Bertz CT molecular complexity index is 1960. The summed E-state index contributed by atoms with van der Waals surface area (Å²) in [5, 5.41) is 0. The average Bonchev–Trinajstić information content (AvgIpc) is 3.80. The van der Waals surface area contributed by atoms with Crippen molar-refractivity contribution in [2.45, 2.75) is 35.8 Å². The molecule has 1 unspecified atom stereocenters. The molecule has 3 heterocycles. The van der Waals surface area contributed by atoms with E-state index in [1.54, 1.807) is 19.1 Å². The van der Waals surface area contributed by atoms with Gasteiger partial charge >= 0.3 is 0 Å². The molecule has 8 rings (SSSR count). The molecule has 2 spiro atoms. The molecule has 0 N–H and O–H groups in total. The summed E-state index contributed by atoms with van der Waals surface area (Å²) in [5.41, 5.74) is 3.37. The fourth-order valence-corrected chi connectivity index (χ4v) is 9.12. The summed E-state index contributed by atoms with van der Waals surface area (Å²) in [6.07, 6.45) is 9.67. The molecule has 0 radical (unpaired) electrons. The zero-order chi connectivity index (χ0) is 31.6. The van der Waals surface area contributed by atoms with E-state index in [4.69, 9.17) is 15.9 Å². The number of allylic oxidation sites excluding steroid dienone is 1. The summed E-state index contributed by atoms with van der Waals surface area (Å²) >= 11 is 0. The molecule has 1 aliphatic carbocycles. The first-order valence-electron chi connectivity index (χ1n) is 15.8. The summed E-state index contributed by atoms with van der Waals surface area (Å²) in [5.74, 6) is 3.75. The lowest BCUT2D eigenvalue weighted by Crippen LogP contribution is -2.62. The third-order valence-electron chi connectivity index (χ3n) is 10.7. The van der Waals surface area contributed by atoms with Gasteiger partial charge < -0.3 is 9.47 Å². The Hall–Kier alpha value is -5.12. The minimum atomic E-state index is -1.28. The second-order valence-corrected chi connectivity index (χ2v) is 12.5. The van der Waals surface area contributed by atoms with E-state index in [0.717, 1.165) is 57.8 Å². The molecule has 2 fully saturated rings. The van der Waals surface area contributed by atoms with Crippen LogP contribution in [0.4, 0.5) is 5.69 Å². The Morgan fingerprint density at radius 3 is 2.22 bits per heavy atom.